The van der Waals surface area contributed by atoms with E-state index in [0.717, 1.165) is 17.8 Å². The predicted molar refractivity (Wildman–Crippen MR) is 103 cm³/mol. The number of aromatic nitrogens is 2. The number of hydrogen-bond donors (Lipinski definition) is 2. The van der Waals surface area contributed by atoms with Crippen LogP contribution in [-0.4, -0.2) is 50.9 Å². The molecular weight excluding hydrogens is 396 g/mol. The summed E-state index contributed by atoms with van der Waals surface area (Å²) in [5.41, 5.74) is 1.65. The Hall–Kier alpha value is -3.01. The van der Waals surface area contributed by atoms with Gasteiger partial charge in [0.1, 0.15) is 6.04 Å². The molecular formula is C20H23F2N5O3. The first-order chi connectivity index (χ1) is 14.5. The van der Waals surface area contributed by atoms with Gasteiger partial charge in [-0.3, -0.25) is 9.48 Å². The van der Waals surface area contributed by atoms with Crippen molar-refractivity contribution in [1.82, 2.24) is 20.0 Å². The van der Waals surface area contributed by atoms with E-state index in [0.29, 0.717) is 51.1 Å². The Morgan fingerprint density at radius 1 is 1.17 bits per heavy atom. The first-order valence-electron chi connectivity index (χ1n) is 9.94. The molecule has 8 nitrogen and oxygen atoms in total. The zero-order chi connectivity index (χ0) is 21.3. The highest BCUT2D eigenvalue weighted by atomic mass is 19.2. The maximum atomic E-state index is 13.6. The van der Waals surface area contributed by atoms with Crippen LogP contribution >= 0.6 is 0 Å². The largest absolute Gasteiger partial charge is 0.390 e. The molecule has 1 fully saturated rings. The number of urea groups is 1. The lowest BCUT2D eigenvalue weighted by Gasteiger charge is -2.34. The molecule has 1 atom stereocenters. The molecule has 160 valence electrons. The summed E-state index contributed by atoms with van der Waals surface area (Å²) in [7, 11) is 0. The molecule has 0 radical (unpaired) electrons. The number of benzene rings is 1. The molecule has 3 heterocycles. The molecule has 0 aliphatic carbocycles. The number of piperidine rings is 1. The van der Waals surface area contributed by atoms with Gasteiger partial charge in [-0.05, 0) is 37.5 Å². The van der Waals surface area contributed by atoms with E-state index in [-0.39, 0.29) is 24.2 Å². The average molecular weight is 419 g/mol. The molecule has 10 heteroatoms. The minimum Gasteiger partial charge on any atom is -0.390 e. The van der Waals surface area contributed by atoms with Crippen LogP contribution in [0.1, 0.15) is 30.7 Å². The van der Waals surface area contributed by atoms with E-state index >= 15 is 0 Å². The monoisotopic (exact) mass is 419 g/mol. The molecule has 1 unspecified atom stereocenters. The number of rotatable bonds is 3. The van der Waals surface area contributed by atoms with Crippen molar-refractivity contribution in [2.45, 2.75) is 45.0 Å². The van der Waals surface area contributed by atoms with Crippen LogP contribution in [0.25, 0.3) is 0 Å². The maximum Gasteiger partial charge on any atom is 0.318 e. The molecule has 4 rings (SSSR count). The van der Waals surface area contributed by atoms with Gasteiger partial charge in [-0.1, -0.05) is 0 Å². The number of nitrogens with zero attached hydrogens (tertiary/aromatic N) is 4. The third kappa shape index (κ3) is 4.00. The van der Waals surface area contributed by atoms with E-state index in [4.69, 9.17) is 0 Å². The molecule has 3 amide bonds. The van der Waals surface area contributed by atoms with Crippen LogP contribution in [0.4, 0.5) is 19.3 Å². The van der Waals surface area contributed by atoms with Gasteiger partial charge in [-0.2, -0.15) is 5.10 Å². The Labute approximate surface area is 172 Å². The number of nitrogens with one attached hydrogen (secondary N) is 1. The van der Waals surface area contributed by atoms with E-state index in [1.54, 1.807) is 15.6 Å². The Balaban J connectivity index is 1.44. The van der Waals surface area contributed by atoms with Crippen LogP contribution in [-0.2, 0) is 24.5 Å². The first-order valence-corrected chi connectivity index (χ1v) is 9.94. The zero-order valence-corrected chi connectivity index (χ0v) is 16.4. The van der Waals surface area contributed by atoms with Crippen molar-refractivity contribution in [2.75, 3.05) is 18.0 Å². The van der Waals surface area contributed by atoms with Gasteiger partial charge in [-0.25, -0.2) is 13.6 Å². The standard InChI is InChI=1S/C20H23F2N5O3/c21-16-5-4-14(10-17(16)22)26-7-1-3-18(19(26)29)23-20(30)25-6-2-8-27-15(11-25)9-13(12-28)24-27/h4-5,9-10,18,28H,1-3,6-8,11-12H2,(H,23,30). The molecule has 1 aromatic heterocycles. The van der Waals surface area contributed by atoms with Gasteiger partial charge in [-0.15, -0.1) is 0 Å². The number of aliphatic hydroxyl groups excluding tert-OH is 1. The summed E-state index contributed by atoms with van der Waals surface area (Å²) in [6, 6.07) is 4.01. The van der Waals surface area contributed by atoms with Gasteiger partial charge in [0, 0.05) is 31.4 Å². The van der Waals surface area contributed by atoms with Gasteiger partial charge < -0.3 is 20.2 Å². The SMILES string of the molecule is O=C(NC1CCCN(c2ccc(F)c(F)c2)C1=O)N1CCCn2nc(CO)cc2C1. The van der Waals surface area contributed by atoms with Crippen molar-refractivity contribution < 1.29 is 23.5 Å². The maximum absolute atomic E-state index is 13.6. The lowest BCUT2D eigenvalue weighted by atomic mass is 10.0. The molecule has 2 aliphatic rings. The van der Waals surface area contributed by atoms with Crippen molar-refractivity contribution in [3.63, 3.8) is 0 Å². The number of fused-ring (bicyclic) bond motifs is 1. The van der Waals surface area contributed by atoms with Crippen molar-refractivity contribution in [2.24, 2.45) is 0 Å². The van der Waals surface area contributed by atoms with Gasteiger partial charge >= 0.3 is 6.03 Å². The Morgan fingerprint density at radius 2 is 2.00 bits per heavy atom. The number of amides is 3. The Kier molecular flexibility index (Phi) is 5.67. The summed E-state index contributed by atoms with van der Waals surface area (Å²) < 4.78 is 28.6. The molecule has 1 saturated heterocycles. The minimum absolute atomic E-state index is 0.164. The third-order valence-electron chi connectivity index (χ3n) is 5.47. The normalized spacial score (nSPS) is 19.4. The second-order valence-electron chi connectivity index (χ2n) is 7.52. The number of hydrogen-bond acceptors (Lipinski definition) is 4. The molecule has 2 aromatic rings. The summed E-state index contributed by atoms with van der Waals surface area (Å²) in [5.74, 6) is -2.34. The second-order valence-corrected chi connectivity index (χ2v) is 7.52. The number of carbonyl (C=O) groups excluding carboxylic acids is 2. The second kappa shape index (κ2) is 8.39. The van der Waals surface area contributed by atoms with Crippen LogP contribution < -0.4 is 10.2 Å². The van der Waals surface area contributed by atoms with E-state index in [9.17, 15) is 23.5 Å². The van der Waals surface area contributed by atoms with E-state index in [2.05, 4.69) is 10.4 Å². The molecule has 0 bridgehead atoms. The van der Waals surface area contributed by atoms with Crippen LogP contribution in [0.15, 0.2) is 24.3 Å². The van der Waals surface area contributed by atoms with E-state index in [1.165, 1.54) is 11.0 Å². The van der Waals surface area contributed by atoms with Gasteiger partial charge in [0.05, 0.1) is 24.5 Å². The Bertz CT molecular complexity index is 964. The third-order valence-corrected chi connectivity index (χ3v) is 5.47. The van der Waals surface area contributed by atoms with E-state index in [1.807, 2.05) is 0 Å². The summed E-state index contributed by atoms with van der Waals surface area (Å²) >= 11 is 0. The summed E-state index contributed by atoms with van der Waals surface area (Å²) in [5, 5.41) is 16.4. The number of aryl methyl sites for hydroxylation is 1. The molecule has 0 spiro atoms. The van der Waals surface area contributed by atoms with Crippen LogP contribution in [0.3, 0.4) is 0 Å². The highest BCUT2D eigenvalue weighted by Crippen LogP contribution is 2.23. The molecule has 2 N–H and O–H groups in total. The zero-order valence-electron chi connectivity index (χ0n) is 16.4. The highest BCUT2D eigenvalue weighted by Gasteiger charge is 2.32. The van der Waals surface area contributed by atoms with Crippen LogP contribution in [0, 0.1) is 11.6 Å². The topological polar surface area (TPSA) is 90.7 Å². The van der Waals surface area contributed by atoms with Crippen molar-refractivity contribution in [3.05, 3.63) is 47.3 Å². The molecule has 2 aliphatic heterocycles. The van der Waals surface area contributed by atoms with Crippen LogP contribution in [0.2, 0.25) is 0 Å². The molecule has 30 heavy (non-hydrogen) atoms. The number of anilines is 1. The lowest BCUT2D eigenvalue weighted by Crippen LogP contribution is -2.55. The van der Waals surface area contributed by atoms with Gasteiger partial charge in [0.2, 0.25) is 5.91 Å². The molecule has 1 aromatic carbocycles. The van der Waals surface area contributed by atoms with E-state index < -0.39 is 17.7 Å². The average Bonchev–Trinajstić information content (AvgIpc) is 3.02. The van der Waals surface area contributed by atoms with Crippen molar-refractivity contribution in [3.8, 4) is 0 Å². The highest BCUT2D eigenvalue weighted by molar-refractivity contribution is 5.99. The smallest absolute Gasteiger partial charge is 0.318 e. The first kappa shape index (κ1) is 20.3. The van der Waals surface area contributed by atoms with Gasteiger partial charge in [0.15, 0.2) is 11.6 Å². The fourth-order valence-electron chi connectivity index (χ4n) is 3.93. The fraction of sp³-hybridized carbons (Fsp3) is 0.450. The van der Waals surface area contributed by atoms with Crippen molar-refractivity contribution >= 4 is 17.6 Å². The fourth-order valence-corrected chi connectivity index (χ4v) is 3.93. The number of aliphatic hydroxyl groups is 1. The quantitative estimate of drug-likeness (QED) is 0.793. The number of carbonyl (C=O) groups is 2. The van der Waals surface area contributed by atoms with Gasteiger partial charge in [0.25, 0.3) is 0 Å². The molecule has 0 saturated carbocycles. The van der Waals surface area contributed by atoms with Crippen LogP contribution in [0.5, 0.6) is 0 Å². The minimum atomic E-state index is -1.02. The predicted octanol–water partition coefficient (Wildman–Crippen LogP) is 1.76. The Morgan fingerprint density at radius 3 is 2.77 bits per heavy atom. The summed E-state index contributed by atoms with van der Waals surface area (Å²) in [4.78, 5) is 28.7. The summed E-state index contributed by atoms with van der Waals surface area (Å²) in [6.45, 7) is 1.70. The summed E-state index contributed by atoms with van der Waals surface area (Å²) in [6.07, 6.45) is 1.81. The van der Waals surface area contributed by atoms with Crippen molar-refractivity contribution in [1.29, 1.82) is 0 Å². The lowest BCUT2D eigenvalue weighted by molar-refractivity contribution is -0.121. The number of halogens is 2.